The van der Waals surface area contributed by atoms with Crippen LogP contribution < -0.4 is 0 Å². The van der Waals surface area contributed by atoms with Gasteiger partial charge in [-0.15, -0.1) is 37.2 Å². The van der Waals surface area contributed by atoms with Crippen molar-refractivity contribution in [2.75, 3.05) is 0 Å². The van der Waals surface area contributed by atoms with Crippen LogP contribution in [0.3, 0.4) is 0 Å². The van der Waals surface area contributed by atoms with Gasteiger partial charge < -0.3 is 0 Å². The molecule has 0 saturated heterocycles. The Morgan fingerprint density at radius 2 is 1.17 bits per heavy atom. The van der Waals surface area contributed by atoms with Crippen molar-refractivity contribution in [3.63, 3.8) is 0 Å². The monoisotopic (exact) mass is 206 g/mol. The van der Waals surface area contributed by atoms with E-state index in [0.717, 1.165) is 18.6 Å². The van der Waals surface area contributed by atoms with Crippen molar-refractivity contribution in [1.82, 2.24) is 0 Å². The zero-order valence-corrected chi connectivity index (χ0v) is 10.2. The Morgan fingerprint density at radius 1 is 1.17 bits per heavy atom. The fourth-order valence-electron chi connectivity index (χ4n) is 0. The molecule has 0 amide bonds. The molecule has 0 aromatic heterocycles. The first-order chi connectivity index (χ1) is 1.41. The normalized spacial score (nSPS) is 2.00. The van der Waals surface area contributed by atoms with Crippen LogP contribution in [0.1, 0.15) is 0 Å². The quantitative estimate of drug-likeness (QED) is 0.521. The summed E-state index contributed by atoms with van der Waals surface area (Å²) in [5.41, 5.74) is 0. The fraction of sp³-hybridized carbons (Fsp3) is 0. The third-order valence-electron chi connectivity index (χ3n) is 0. The van der Waals surface area contributed by atoms with Crippen LogP contribution in [0.25, 0.3) is 0 Å². The van der Waals surface area contributed by atoms with Crippen LogP contribution in [0.15, 0.2) is 11.2 Å². The van der Waals surface area contributed by atoms with Crippen LogP contribution in [-0.4, -0.2) is 18.6 Å². The van der Waals surface area contributed by atoms with Crippen LogP contribution in [0.2, 0.25) is 0 Å². The summed E-state index contributed by atoms with van der Waals surface area (Å²) in [5, 5.41) is 0. The predicted molar refractivity (Wildman–Crippen MR) is 40.5 cm³/mol. The van der Waals surface area contributed by atoms with Gasteiger partial charge in [0.25, 0.3) is 0 Å². The molecule has 0 aliphatic rings. The zero-order chi connectivity index (χ0) is 2.71. The summed E-state index contributed by atoms with van der Waals surface area (Å²) in [5.74, 6) is 0. The van der Waals surface area contributed by atoms with Crippen LogP contribution in [0.5, 0.6) is 0 Å². The van der Waals surface area contributed by atoms with E-state index in [4.69, 9.17) is 0 Å². The van der Waals surface area contributed by atoms with Gasteiger partial charge in [0.15, 0.2) is 0 Å². The van der Waals surface area contributed by atoms with Gasteiger partial charge in [0.2, 0.25) is 0 Å². The van der Waals surface area contributed by atoms with E-state index in [1.54, 1.807) is 0 Å². The summed E-state index contributed by atoms with van der Waals surface area (Å²) in [6, 6.07) is 0. The summed E-state index contributed by atoms with van der Waals surface area (Å²) in [4.78, 5) is 0. The van der Waals surface area contributed by atoms with Crippen molar-refractivity contribution in [3.05, 3.63) is 11.2 Å². The van der Waals surface area contributed by atoms with E-state index in [1.165, 1.54) is 0 Å². The number of hydrogen-bond donors (Lipinski definition) is 0. The van der Waals surface area contributed by atoms with E-state index in [0.29, 0.717) is 0 Å². The molecular formula is C2H8Cl3Ga. The molecule has 40 valence electrons. The Morgan fingerprint density at radius 3 is 1.17 bits per heavy atom. The van der Waals surface area contributed by atoms with Gasteiger partial charge in [-0.25, -0.2) is 0 Å². The topological polar surface area (TPSA) is 0 Å². The number of halogens is 3. The van der Waals surface area contributed by atoms with Crippen LogP contribution in [-0.2, 0) is 0 Å². The molecule has 6 heavy (non-hydrogen) atoms. The smallest absolute Gasteiger partial charge is 0.147 e. The Kier molecular flexibility index (Phi) is 152. The van der Waals surface area contributed by atoms with Crippen molar-refractivity contribution in [2.45, 2.75) is 0 Å². The molecule has 4 heteroatoms. The minimum absolute atomic E-state index is 0. The summed E-state index contributed by atoms with van der Waals surface area (Å²) < 4.78 is 1.94. The molecule has 0 spiro atoms. The standard InChI is InChI=1S/C2H3.3ClH.Ga.2H/c1-2;;;;;;/h1H,2H2;3*1H;;;. The molecule has 0 fully saturated rings. The van der Waals surface area contributed by atoms with Gasteiger partial charge in [-0.05, 0) is 0 Å². The van der Waals surface area contributed by atoms with Gasteiger partial charge in [0, 0.05) is 0 Å². The number of rotatable bonds is 0. The average molecular weight is 208 g/mol. The van der Waals surface area contributed by atoms with Crippen molar-refractivity contribution in [2.24, 2.45) is 0 Å². The molecule has 0 unspecified atom stereocenters. The summed E-state index contributed by atoms with van der Waals surface area (Å²) >= 11 is 0.868. The molecule has 0 nitrogen and oxygen atoms in total. The van der Waals surface area contributed by atoms with E-state index in [9.17, 15) is 0 Å². The van der Waals surface area contributed by atoms with Crippen molar-refractivity contribution in [3.8, 4) is 0 Å². The Labute approximate surface area is 66.9 Å². The molecule has 0 atom stereocenters. The molecule has 0 aromatic carbocycles. The molecule has 0 heterocycles. The van der Waals surface area contributed by atoms with Gasteiger partial charge in [0.05, 0.1) is 0 Å². The average Bonchev–Trinajstić information content (AvgIpc) is 0.918. The van der Waals surface area contributed by atoms with Gasteiger partial charge in [0.1, 0.15) is 0 Å². The first kappa shape index (κ1) is 26.8. The third kappa shape index (κ3) is 60.9. The van der Waals surface area contributed by atoms with Gasteiger partial charge in [-0.1, -0.05) is 0 Å². The maximum absolute atomic E-state index is 3.44. The van der Waals surface area contributed by atoms with Crippen molar-refractivity contribution < 1.29 is 0 Å². The van der Waals surface area contributed by atoms with E-state index >= 15 is 0 Å². The first-order valence-electron chi connectivity index (χ1n) is 0.986. The van der Waals surface area contributed by atoms with Gasteiger partial charge in [-0.2, -0.15) is 0 Å². The second-order valence-electron chi connectivity index (χ2n) is 0.408. The summed E-state index contributed by atoms with van der Waals surface area (Å²) in [7, 11) is 0. The number of hydrogen-bond acceptors (Lipinski definition) is 0. The van der Waals surface area contributed by atoms with Gasteiger partial charge >= 0.3 is 29.8 Å². The SMILES string of the molecule is C=[CH][GaH2].Cl.Cl.Cl. The molecular weight excluding hydrogens is 200 g/mol. The van der Waals surface area contributed by atoms with E-state index in [-0.39, 0.29) is 37.2 Å². The second kappa shape index (κ2) is 34.1. The van der Waals surface area contributed by atoms with Crippen molar-refractivity contribution in [1.29, 1.82) is 0 Å². The zero-order valence-electron chi connectivity index (χ0n) is 3.51. The van der Waals surface area contributed by atoms with E-state index < -0.39 is 0 Å². The molecule has 0 N–H and O–H groups in total. The van der Waals surface area contributed by atoms with E-state index in [1.807, 2.05) is 4.63 Å². The third-order valence-corrected chi connectivity index (χ3v) is 0. The first-order valence-corrected chi connectivity index (χ1v) is 3.41. The molecule has 0 aliphatic carbocycles. The molecule has 0 aromatic rings. The maximum Gasteiger partial charge on any atom is -0.147 e. The predicted octanol–water partition coefficient (Wildman–Crippen LogP) is 1.03. The minimum Gasteiger partial charge on any atom is -0.147 e. The maximum atomic E-state index is 3.44. The molecule has 0 saturated carbocycles. The summed E-state index contributed by atoms with van der Waals surface area (Å²) in [6.07, 6.45) is 0. The summed E-state index contributed by atoms with van der Waals surface area (Å²) in [6.45, 7) is 3.44. The van der Waals surface area contributed by atoms with Crippen molar-refractivity contribution >= 4 is 55.8 Å². The second-order valence-corrected chi connectivity index (χ2v) is 2.12. The van der Waals surface area contributed by atoms with Gasteiger partial charge in [-0.3, -0.25) is 0 Å². The Bertz CT molecular complexity index is 16.3. The van der Waals surface area contributed by atoms with Crippen LogP contribution in [0, 0.1) is 0 Å². The van der Waals surface area contributed by atoms with E-state index in [2.05, 4.69) is 6.58 Å². The largest absolute Gasteiger partial charge is 0.147 e. The molecule has 0 bridgehead atoms. The van der Waals surface area contributed by atoms with Crippen LogP contribution in [0.4, 0.5) is 0 Å². The molecule has 0 rings (SSSR count). The Hall–Kier alpha value is 1.25. The molecule has 0 radical (unpaired) electrons. The fourth-order valence-corrected chi connectivity index (χ4v) is 0. The van der Waals surface area contributed by atoms with Crippen LogP contribution >= 0.6 is 37.2 Å². The minimum atomic E-state index is 0. The Balaban J connectivity index is -0.00000000667. The molecule has 0 aliphatic heterocycles.